The molecule has 2 amide bonds. The number of esters is 1. The van der Waals surface area contributed by atoms with Crippen molar-refractivity contribution >= 4 is 18.0 Å². The van der Waals surface area contributed by atoms with Gasteiger partial charge in [-0.3, -0.25) is 4.79 Å². The van der Waals surface area contributed by atoms with Gasteiger partial charge in [0, 0.05) is 12.8 Å². The number of alkyl carbamates (subject to hydrolysis) is 1. The molecule has 188 valence electrons. The van der Waals surface area contributed by atoms with E-state index in [1.165, 1.54) is 7.11 Å². The van der Waals surface area contributed by atoms with E-state index < -0.39 is 30.1 Å². The summed E-state index contributed by atoms with van der Waals surface area (Å²) in [6.45, 7) is 4.07. The van der Waals surface area contributed by atoms with Gasteiger partial charge in [-0.2, -0.15) is 0 Å². The summed E-state index contributed by atoms with van der Waals surface area (Å²) in [6, 6.07) is 22.6. The molecule has 0 heterocycles. The monoisotopic (exact) mass is 488 g/mol. The molecule has 0 unspecified atom stereocenters. The molecule has 2 atom stereocenters. The van der Waals surface area contributed by atoms with Crippen LogP contribution in [0.2, 0.25) is 0 Å². The van der Waals surface area contributed by atoms with Crippen molar-refractivity contribution < 1.29 is 23.9 Å². The molecule has 3 aromatic carbocycles. The van der Waals surface area contributed by atoms with Crippen LogP contribution in [0.5, 0.6) is 0 Å². The number of methoxy groups -OCH3 is 1. The van der Waals surface area contributed by atoms with Gasteiger partial charge in [-0.1, -0.05) is 78.9 Å². The van der Waals surface area contributed by atoms with Crippen LogP contribution in [0.3, 0.4) is 0 Å². The third-order valence-electron chi connectivity index (χ3n) is 5.92. The van der Waals surface area contributed by atoms with Crippen LogP contribution < -0.4 is 10.6 Å². The highest BCUT2D eigenvalue weighted by Gasteiger charge is 2.28. The van der Waals surface area contributed by atoms with E-state index in [0.29, 0.717) is 0 Å². The normalized spacial score (nSPS) is 12.2. The molecule has 2 N–H and O–H groups in total. The van der Waals surface area contributed by atoms with E-state index >= 15 is 0 Å². The van der Waals surface area contributed by atoms with Crippen LogP contribution in [-0.4, -0.2) is 37.2 Å². The molecule has 0 fully saturated rings. The van der Waals surface area contributed by atoms with Crippen LogP contribution in [0.15, 0.2) is 78.9 Å². The van der Waals surface area contributed by atoms with Crippen LogP contribution in [0.1, 0.15) is 27.8 Å². The van der Waals surface area contributed by atoms with Crippen molar-refractivity contribution in [2.75, 3.05) is 7.11 Å². The molecule has 0 aliphatic heterocycles. The van der Waals surface area contributed by atoms with Gasteiger partial charge in [-0.25, -0.2) is 9.59 Å². The second-order valence-corrected chi connectivity index (χ2v) is 8.66. The number of carbonyl (C=O) groups excluding carboxylic acids is 3. The smallest absolute Gasteiger partial charge is 0.408 e. The van der Waals surface area contributed by atoms with Crippen molar-refractivity contribution in [3.8, 4) is 0 Å². The van der Waals surface area contributed by atoms with Gasteiger partial charge in [0.15, 0.2) is 0 Å². The van der Waals surface area contributed by atoms with Crippen LogP contribution in [-0.2, 0) is 38.5 Å². The molecule has 0 aliphatic carbocycles. The zero-order valence-electron chi connectivity index (χ0n) is 20.8. The van der Waals surface area contributed by atoms with Crippen molar-refractivity contribution in [2.24, 2.45) is 0 Å². The van der Waals surface area contributed by atoms with E-state index in [0.717, 1.165) is 27.8 Å². The van der Waals surface area contributed by atoms with Crippen molar-refractivity contribution in [3.63, 3.8) is 0 Å². The summed E-state index contributed by atoms with van der Waals surface area (Å²) in [5.41, 5.74) is 4.80. The maximum atomic E-state index is 13.3. The molecule has 0 spiro atoms. The van der Waals surface area contributed by atoms with Gasteiger partial charge in [-0.05, 0) is 41.7 Å². The second kappa shape index (κ2) is 13.1. The largest absolute Gasteiger partial charge is 0.467 e. The first-order valence-corrected chi connectivity index (χ1v) is 11.8. The Morgan fingerprint density at radius 1 is 0.722 bits per heavy atom. The van der Waals surface area contributed by atoms with Crippen LogP contribution in [0.4, 0.5) is 4.79 Å². The number of ether oxygens (including phenoxy) is 2. The van der Waals surface area contributed by atoms with E-state index in [4.69, 9.17) is 9.47 Å². The number of hydrogen-bond donors (Lipinski definition) is 2. The second-order valence-electron chi connectivity index (χ2n) is 8.66. The highest BCUT2D eigenvalue weighted by molar-refractivity contribution is 5.90. The zero-order valence-corrected chi connectivity index (χ0v) is 20.8. The fourth-order valence-electron chi connectivity index (χ4n) is 3.74. The lowest BCUT2D eigenvalue weighted by Gasteiger charge is -2.22. The number of benzene rings is 3. The Kier molecular flexibility index (Phi) is 9.63. The number of carbonyl (C=O) groups is 3. The fourth-order valence-corrected chi connectivity index (χ4v) is 3.74. The maximum absolute atomic E-state index is 13.3. The molecule has 0 aromatic heterocycles. The lowest BCUT2D eigenvalue weighted by atomic mass is 10.00. The molecule has 0 bridgehead atoms. The first kappa shape index (κ1) is 26.5. The molecule has 3 rings (SSSR count). The molecular formula is C29H32N2O5. The molecule has 0 saturated heterocycles. The van der Waals surface area contributed by atoms with Gasteiger partial charge in [0.1, 0.15) is 18.7 Å². The molecule has 36 heavy (non-hydrogen) atoms. The Labute approximate surface area is 211 Å². The molecule has 0 saturated carbocycles. The Bertz CT molecular complexity index is 1160. The average molecular weight is 489 g/mol. The third kappa shape index (κ3) is 7.98. The van der Waals surface area contributed by atoms with Crippen molar-refractivity contribution in [3.05, 3.63) is 107 Å². The summed E-state index contributed by atoms with van der Waals surface area (Å²) in [6.07, 6.45) is -0.237. The first-order valence-electron chi connectivity index (χ1n) is 11.8. The Morgan fingerprint density at radius 2 is 1.33 bits per heavy atom. The predicted octanol–water partition coefficient (Wildman–Crippen LogP) is 4.04. The minimum atomic E-state index is -0.956. The summed E-state index contributed by atoms with van der Waals surface area (Å²) in [7, 11) is 1.28. The van der Waals surface area contributed by atoms with E-state index in [-0.39, 0.29) is 19.4 Å². The van der Waals surface area contributed by atoms with Crippen molar-refractivity contribution in [1.82, 2.24) is 10.6 Å². The summed E-state index contributed by atoms with van der Waals surface area (Å²) in [4.78, 5) is 38.4. The third-order valence-corrected chi connectivity index (χ3v) is 5.92. The molecule has 0 aliphatic rings. The number of aryl methyl sites for hydroxylation is 2. The average Bonchev–Trinajstić information content (AvgIpc) is 2.89. The number of amides is 2. The summed E-state index contributed by atoms with van der Waals surface area (Å²) in [5.74, 6) is -1.07. The minimum Gasteiger partial charge on any atom is -0.467 e. The molecule has 3 aromatic rings. The van der Waals surface area contributed by atoms with Crippen molar-refractivity contribution in [1.29, 1.82) is 0 Å². The van der Waals surface area contributed by atoms with Gasteiger partial charge in [0.05, 0.1) is 7.11 Å². The van der Waals surface area contributed by atoms with Gasteiger partial charge >= 0.3 is 12.1 Å². The van der Waals surface area contributed by atoms with Gasteiger partial charge < -0.3 is 20.1 Å². The molecular weight excluding hydrogens is 456 g/mol. The lowest BCUT2D eigenvalue weighted by molar-refractivity contribution is -0.145. The number of hydrogen-bond acceptors (Lipinski definition) is 5. The first-order chi connectivity index (χ1) is 17.4. The lowest BCUT2D eigenvalue weighted by Crippen LogP contribution is -2.53. The van der Waals surface area contributed by atoms with Gasteiger partial charge in [-0.15, -0.1) is 0 Å². The van der Waals surface area contributed by atoms with Crippen LogP contribution >= 0.6 is 0 Å². The molecule has 7 heteroatoms. The number of nitrogens with one attached hydrogen (secondary N) is 2. The van der Waals surface area contributed by atoms with Gasteiger partial charge in [0.2, 0.25) is 5.91 Å². The fraction of sp³-hybridized carbons (Fsp3) is 0.276. The highest BCUT2D eigenvalue weighted by atomic mass is 16.5. The zero-order chi connectivity index (χ0) is 25.9. The van der Waals surface area contributed by atoms with E-state index in [2.05, 4.69) is 10.6 Å². The van der Waals surface area contributed by atoms with Crippen molar-refractivity contribution in [2.45, 2.75) is 45.4 Å². The molecule has 7 nitrogen and oxygen atoms in total. The van der Waals surface area contributed by atoms with Crippen LogP contribution in [0, 0.1) is 13.8 Å². The Hall–Kier alpha value is -4.13. The van der Waals surface area contributed by atoms with Gasteiger partial charge in [0.25, 0.3) is 0 Å². The van der Waals surface area contributed by atoms with Crippen LogP contribution in [0.25, 0.3) is 0 Å². The predicted molar refractivity (Wildman–Crippen MR) is 137 cm³/mol. The molecule has 0 radical (unpaired) electrons. The standard InChI is InChI=1S/C29H32N2O5/c1-20-14-15-24(16-21(20)2)18-26(28(33)35-3)30-27(32)25(17-22-10-6-4-7-11-22)31-29(34)36-19-23-12-8-5-9-13-23/h4-16,25-26H,17-19H2,1-3H3,(H,30,32)(H,31,34)/t25-,26-/m1/s1. The maximum Gasteiger partial charge on any atom is 0.408 e. The Balaban J connectivity index is 1.73. The highest BCUT2D eigenvalue weighted by Crippen LogP contribution is 2.13. The number of rotatable bonds is 10. The minimum absolute atomic E-state index is 0.0733. The summed E-state index contributed by atoms with van der Waals surface area (Å²) < 4.78 is 10.3. The summed E-state index contributed by atoms with van der Waals surface area (Å²) in [5, 5.41) is 5.42. The summed E-state index contributed by atoms with van der Waals surface area (Å²) >= 11 is 0. The van der Waals surface area contributed by atoms with E-state index in [1.54, 1.807) is 0 Å². The SMILES string of the molecule is COC(=O)[C@@H](Cc1ccc(C)c(C)c1)NC(=O)[C@@H](Cc1ccccc1)NC(=O)OCc1ccccc1. The topological polar surface area (TPSA) is 93.7 Å². The van der Waals surface area contributed by atoms with E-state index in [1.807, 2.05) is 92.7 Å². The Morgan fingerprint density at radius 3 is 1.94 bits per heavy atom. The van der Waals surface area contributed by atoms with E-state index in [9.17, 15) is 14.4 Å². The quantitative estimate of drug-likeness (QED) is 0.420.